The van der Waals surface area contributed by atoms with Gasteiger partial charge in [-0.05, 0) is 29.5 Å². The Morgan fingerprint density at radius 2 is 2.05 bits per heavy atom. The molecule has 1 N–H and O–H groups in total. The van der Waals surface area contributed by atoms with E-state index in [1.54, 1.807) is 7.11 Å². The number of allylic oxidation sites excluding steroid dienone is 1. The van der Waals surface area contributed by atoms with E-state index < -0.39 is 5.97 Å². The molecule has 1 aromatic carbocycles. The molecular weight excluding hydrogens is 240 g/mol. The maximum Gasteiger partial charge on any atom is 0.303 e. The van der Waals surface area contributed by atoms with Crippen molar-refractivity contribution in [1.82, 2.24) is 0 Å². The van der Waals surface area contributed by atoms with Crippen LogP contribution in [-0.4, -0.2) is 18.2 Å². The van der Waals surface area contributed by atoms with E-state index in [1.807, 2.05) is 18.2 Å². The second-order valence-corrected chi connectivity index (χ2v) is 5.54. The van der Waals surface area contributed by atoms with Gasteiger partial charge in [-0.3, -0.25) is 4.79 Å². The van der Waals surface area contributed by atoms with Crippen LogP contribution in [0.25, 0.3) is 6.08 Å². The van der Waals surface area contributed by atoms with Crippen molar-refractivity contribution in [3.05, 3.63) is 35.4 Å². The molecule has 0 spiro atoms. The zero-order chi connectivity index (χ0) is 14.5. The lowest BCUT2D eigenvalue weighted by Gasteiger charge is -2.20. The highest BCUT2D eigenvalue weighted by Crippen LogP contribution is 2.28. The van der Waals surface area contributed by atoms with Crippen LogP contribution in [0.15, 0.2) is 24.3 Å². The van der Waals surface area contributed by atoms with Gasteiger partial charge in [0.25, 0.3) is 0 Å². The Kier molecular flexibility index (Phi) is 5.16. The monoisotopic (exact) mass is 262 g/mol. The number of aliphatic carboxylic acids is 1. The fourth-order valence-electron chi connectivity index (χ4n) is 1.75. The maximum absolute atomic E-state index is 10.5. The molecule has 0 heterocycles. The van der Waals surface area contributed by atoms with Gasteiger partial charge < -0.3 is 9.84 Å². The van der Waals surface area contributed by atoms with Gasteiger partial charge in [0.2, 0.25) is 0 Å². The van der Waals surface area contributed by atoms with Crippen LogP contribution in [0.4, 0.5) is 0 Å². The second kappa shape index (κ2) is 6.41. The fraction of sp³-hybridized carbons (Fsp3) is 0.438. The van der Waals surface area contributed by atoms with Crippen LogP contribution in [0, 0.1) is 0 Å². The molecule has 1 aromatic rings. The first kappa shape index (κ1) is 15.3. The summed E-state index contributed by atoms with van der Waals surface area (Å²) in [7, 11) is 1.64. The van der Waals surface area contributed by atoms with Gasteiger partial charge in [-0.25, -0.2) is 0 Å². The molecular formula is C16H22O3. The minimum atomic E-state index is -0.778. The summed E-state index contributed by atoms with van der Waals surface area (Å²) in [5, 5.41) is 8.60. The predicted octanol–water partition coefficient (Wildman–Crippen LogP) is 3.87. The molecule has 0 unspecified atom stereocenters. The highest BCUT2D eigenvalue weighted by atomic mass is 16.5. The standard InChI is InChI=1S/C16H22O3/c1-16(2,3)13-9-10-14(19-4)12(11-13)7-5-6-8-15(17)18/h5,7,9-11H,6,8H2,1-4H3,(H,17,18)/b7-5+. The quantitative estimate of drug-likeness (QED) is 0.876. The summed E-state index contributed by atoms with van der Waals surface area (Å²) < 4.78 is 5.32. The Hall–Kier alpha value is -1.77. The van der Waals surface area contributed by atoms with Gasteiger partial charge in [-0.2, -0.15) is 0 Å². The normalized spacial score (nSPS) is 11.8. The van der Waals surface area contributed by atoms with Crippen LogP contribution in [0.3, 0.4) is 0 Å². The third kappa shape index (κ3) is 4.78. The molecule has 104 valence electrons. The van der Waals surface area contributed by atoms with Crippen molar-refractivity contribution < 1.29 is 14.6 Å². The molecule has 19 heavy (non-hydrogen) atoms. The molecule has 3 nitrogen and oxygen atoms in total. The van der Waals surface area contributed by atoms with Crippen molar-refractivity contribution in [3.63, 3.8) is 0 Å². The van der Waals surface area contributed by atoms with E-state index in [-0.39, 0.29) is 11.8 Å². The molecule has 0 aliphatic carbocycles. The smallest absolute Gasteiger partial charge is 0.303 e. The van der Waals surface area contributed by atoms with Crippen molar-refractivity contribution in [2.45, 2.75) is 39.0 Å². The number of carboxylic acids is 1. The zero-order valence-corrected chi connectivity index (χ0v) is 12.1. The van der Waals surface area contributed by atoms with Crippen LogP contribution >= 0.6 is 0 Å². The van der Waals surface area contributed by atoms with Gasteiger partial charge in [0.1, 0.15) is 5.75 Å². The third-order valence-corrected chi connectivity index (χ3v) is 2.92. The van der Waals surface area contributed by atoms with Gasteiger partial charge in [0.05, 0.1) is 7.11 Å². The van der Waals surface area contributed by atoms with Gasteiger partial charge in [-0.15, -0.1) is 0 Å². The Balaban J connectivity index is 2.93. The van der Waals surface area contributed by atoms with Gasteiger partial charge in [-0.1, -0.05) is 39.0 Å². The van der Waals surface area contributed by atoms with E-state index in [2.05, 4.69) is 32.9 Å². The van der Waals surface area contributed by atoms with Crippen molar-refractivity contribution >= 4 is 12.0 Å². The first-order valence-corrected chi connectivity index (χ1v) is 6.41. The summed E-state index contributed by atoms with van der Waals surface area (Å²) in [6.45, 7) is 6.48. The summed E-state index contributed by atoms with van der Waals surface area (Å²) in [4.78, 5) is 10.5. The SMILES string of the molecule is COc1ccc(C(C)(C)C)cc1/C=C/CCC(=O)O. The van der Waals surface area contributed by atoms with Gasteiger partial charge in [0, 0.05) is 12.0 Å². The van der Waals surface area contributed by atoms with E-state index in [0.717, 1.165) is 11.3 Å². The number of hydrogen-bond acceptors (Lipinski definition) is 2. The maximum atomic E-state index is 10.5. The van der Waals surface area contributed by atoms with Crippen LogP contribution in [-0.2, 0) is 10.2 Å². The molecule has 0 saturated carbocycles. The van der Waals surface area contributed by atoms with Crippen molar-refractivity contribution in [2.75, 3.05) is 7.11 Å². The Morgan fingerprint density at radius 1 is 1.37 bits per heavy atom. The Morgan fingerprint density at radius 3 is 2.58 bits per heavy atom. The highest BCUT2D eigenvalue weighted by Gasteiger charge is 2.14. The number of benzene rings is 1. The summed E-state index contributed by atoms with van der Waals surface area (Å²) >= 11 is 0. The molecule has 0 aromatic heterocycles. The largest absolute Gasteiger partial charge is 0.496 e. The summed E-state index contributed by atoms with van der Waals surface area (Å²) in [5.41, 5.74) is 2.29. The second-order valence-electron chi connectivity index (χ2n) is 5.54. The summed E-state index contributed by atoms with van der Waals surface area (Å²) in [6, 6.07) is 6.11. The third-order valence-electron chi connectivity index (χ3n) is 2.92. The lowest BCUT2D eigenvalue weighted by molar-refractivity contribution is -0.136. The van der Waals surface area contributed by atoms with Crippen LogP contribution in [0.2, 0.25) is 0 Å². The van der Waals surface area contributed by atoms with E-state index in [0.29, 0.717) is 6.42 Å². The number of carboxylic acid groups (broad SMARTS) is 1. The molecule has 1 rings (SSSR count). The van der Waals surface area contributed by atoms with Crippen LogP contribution < -0.4 is 4.74 Å². The molecule has 3 heteroatoms. The fourth-order valence-corrected chi connectivity index (χ4v) is 1.75. The van der Waals surface area contributed by atoms with E-state index in [4.69, 9.17) is 9.84 Å². The number of ether oxygens (including phenoxy) is 1. The average molecular weight is 262 g/mol. The summed E-state index contributed by atoms with van der Waals surface area (Å²) in [6.07, 6.45) is 4.48. The average Bonchev–Trinajstić information content (AvgIpc) is 2.33. The number of hydrogen-bond donors (Lipinski definition) is 1. The molecule has 0 atom stereocenters. The molecule has 0 fully saturated rings. The van der Waals surface area contributed by atoms with E-state index in [1.165, 1.54) is 5.56 Å². The van der Waals surface area contributed by atoms with Crippen molar-refractivity contribution in [1.29, 1.82) is 0 Å². The van der Waals surface area contributed by atoms with Crippen LogP contribution in [0.5, 0.6) is 5.75 Å². The molecule has 0 bridgehead atoms. The molecule has 0 amide bonds. The van der Waals surface area contributed by atoms with Gasteiger partial charge in [0.15, 0.2) is 0 Å². The minimum absolute atomic E-state index is 0.0793. The lowest BCUT2D eigenvalue weighted by Crippen LogP contribution is -2.11. The lowest BCUT2D eigenvalue weighted by atomic mass is 9.86. The molecule has 0 aliphatic rings. The highest BCUT2D eigenvalue weighted by molar-refractivity contribution is 5.67. The first-order valence-electron chi connectivity index (χ1n) is 6.41. The van der Waals surface area contributed by atoms with Gasteiger partial charge >= 0.3 is 5.97 Å². The zero-order valence-electron chi connectivity index (χ0n) is 12.1. The Bertz CT molecular complexity index is 467. The summed E-state index contributed by atoms with van der Waals surface area (Å²) in [5.74, 6) is 0.0274. The molecule has 0 radical (unpaired) electrons. The van der Waals surface area contributed by atoms with Crippen LogP contribution in [0.1, 0.15) is 44.7 Å². The predicted molar refractivity (Wildman–Crippen MR) is 77.6 cm³/mol. The van der Waals surface area contributed by atoms with Crippen molar-refractivity contribution in [3.8, 4) is 5.75 Å². The topological polar surface area (TPSA) is 46.5 Å². The minimum Gasteiger partial charge on any atom is -0.496 e. The number of methoxy groups -OCH3 is 1. The number of rotatable bonds is 5. The molecule has 0 saturated heterocycles. The van der Waals surface area contributed by atoms with Crippen molar-refractivity contribution in [2.24, 2.45) is 0 Å². The first-order chi connectivity index (χ1) is 8.84. The van der Waals surface area contributed by atoms with E-state index in [9.17, 15) is 4.79 Å². The van der Waals surface area contributed by atoms with E-state index >= 15 is 0 Å². The Labute approximate surface area is 114 Å². The molecule has 0 aliphatic heterocycles. The number of carbonyl (C=O) groups is 1.